The first-order valence-electron chi connectivity index (χ1n) is 5.17. The lowest BCUT2D eigenvalue weighted by Crippen LogP contribution is -2.40. The summed E-state index contributed by atoms with van der Waals surface area (Å²) in [7, 11) is -1.80. The van der Waals surface area contributed by atoms with E-state index in [0.29, 0.717) is 5.82 Å². The maximum absolute atomic E-state index is 11.8. The van der Waals surface area contributed by atoms with E-state index < -0.39 is 27.4 Å². The minimum atomic E-state index is -1.80. The number of pyridine rings is 1. The molecule has 18 heavy (non-hydrogen) atoms. The van der Waals surface area contributed by atoms with Crippen molar-refractivity contribution in [2.75, 3.05) is 11.1 Å². The van der Waals surface area contributed by atoms with Crippen LogP contribution in [0.25, 0.3) is 0 Å². The summed E-state index contributed by atoms with van der Waals surface area (Å²) in [5, 5.41) is 11.3. The molecule has 1 rings (SSSR count). The summed E-state index contributed by atoms with van der Waals surface area (Å²) >= 11 is 0. The predicted octanol–water partition coefficient (Wildman–Crippen LogP) is 0.632. The lowest BCUT2D eigenvalue weighted by atomic mass is 10.2. The van der Waals surface area contributed by atoms with Crippen LogP contribution in [0.4, 0.5) is 5.82 Å². The molecule has 2 N–H and O–H groups in total. The Morgan fingerprint density at radius 3 is 2.61 bits per heavy atom. The highest BCUT2D eigenvalue weighted by molar-refractivity contribution is 7.88. The van der Waals surface area contributed by atoms with E-state index in [1.807, 2.05) is 0 Å². The molecule has 1 aromatic heterocycles. The Morgan fingerprint density at radius 1 is 1.44 bits per heavy atom. The number of amides is 1. The van der Waals surface area contributed by atoms with Crippen LogP contribution < -0.4 is 5.32 Å². The van der Waals surface area contributed by atoms with Crippen molar-refractivity contribution in [2.45, 2.75) is 18.6 Å². The van der Waals surface area contributed by atoms with Gasteiger partial charge in [-0.3, -0.25) is 13.8 Å². The summed E-state index contributed by atoms with van der Waals surface area (Å²) in [5.74, 6) is -1.77. The SMILES string of the molecule is CC(C)(C(=O)O)S(=O)CC(=O)Nc1ccccn1. The molecule has 0 bridgehead atoms. The molecule has 1 aromatic rings. The van der Waals surface area contributed by atoms with E-state index in [1.54, 1.807) is 18.2 Å². The second-order valence-corrected chi connectivity index (χ2v) is 6.07. The lowest BCUT2D eigenvalue weighted by molar-refractivity contribution is -0.139. The third kappa shape index (κ3) is 3.63. The highest BCUT2D eigenvalue weighted by atomic mass is 32.2. The maximum Gasteiger partial charge on any atom is 0.321 e. The molecule has 1 unspecified atom stereocenters. The summed E-state index contributed by atoms with van der Waals surface area (Å²) < 4.78 is 10.3. The zero-order valence-electron chi connectivity index (χ0n) is 10.0. The Bertz CT molecular complexity index is 473. The van der Waals surface area contributed by atoms with E-state index in [0.717, 1.165) is 0 Å². The van der Waals surface area contributed by atoms with Crippen molar-refractivity contribution >= 4 is 28.5 Å². The van der Waals surface area contributed by atoms with Crippen LogP contribution in [0.15, 0.2) is 24.4 Å². The molecule has 98 valence electrons. The van der Waals surface area contributed by atoms with E-state index in [-0.39, 0.29) is 5.75 Å². The van der Waals surface area contributed by atoms with Gasteiger partial charge in [0.25, 0.3) is 0 Å². The highest BCUT2D eigenvalue weighted by Crippen LogP contribution is 2.13. The van der Waals surface area contributed by atoms with Crippen LogP contribution in [-0.4, -0.2) is 36.7 Å². The first-order chi connectivity index (χ1) is 8.34. The van der Waals surface area contributed by atoms with E-state index in [9.17, 15) is 13.8 Å². The van der Waals surface area contributed by atoms with Crippen molar-refractivity contribution in [1.29, 1.82) is 0 Å². The molecular formula is C11H14N2O4S. The van der Waals surface area contributed by atoms with Gasteiger partial charge in [-0.25, -0.2) is 4.98 Å². The number of carboxylic acid groups (broad SMARTS) is 1. The van der Waals surface area contributed by atoms with Gasteiger partial charge in [0.05, 0.1) is 0 Å². The van der Waals surface area contributed by atoms with E-state index in [1.165, 1.54) is 20.0 Å². The number of aliphatic carboxylic acids is 1. The Labute approximate surface area is 107 Å². The van der Waals surface area contributed by atoms with Crippen molar-refractivity contribution < 1.29 is 18.9 Å². The topological polar surface area (TPSA) is 96.4 Å². The Kier molecular flexibility index (Phi) is 4.55. The quantitative estimate of drug-likeness (QED) is 0.818. The van der Waals surface area contributed by atoms with Gasteiger partial charge in [-0.1, -0.05) is 6.07 Å². The van der Waals surface area contributed by atoms with E-state index >= 15 is 0 Å². The average molecular weight is 270 g/mol. The summed E-state index contributed by atoms with van der Waals surface area (Å²) in [4.78, 5) is 26.3. The molecule has 0 aliphatic carbocycles. The monoisotopic (exact) mass is 270 g/mol. The van der Waals surface area contributed by atoms with Crippen LogP contribution in [0, 0.1) is 0 Å². The van der Waals surface area contributed by atoms with Crippen molar-refractivity contribution in [2.24, 2.45) is 0 Å². The first-order valence-corrected chi connectivity index (χ1v) is 6.48. The van der Waals surface area contributed by atoms with Crippen LogP contribution in [0.1, 0.15) is 13.8 Å². The molecule has 0 aliphatic rings. The number of carbonyl (C=O) groups excluding carboxylic acids is 1. The number of nitrogens with one attached hydrogen (secondary N) is 1. The highest BCUT2D eigenvalue weighted by Gasteiger charge is 2.35. The number of rotatable bonds is 5. The predicted molar refractivity (Wildman–Crippen MR) is 67.6 cm³/mol. The average Bonchev–Trinajstić information content (AvgIpc) is 2.29. The third-order valence-electron chi connectivity index (χ3n) is 2.28. The summed E-state index contributed by atoms with van der Waals surface area (Å²) in [6, 6.07) is 4.98. The fourth-order valence-corrected chi connectivity index (χ4v) is 1.88. The molecule has 0 radical (unpaired) electrons. The molecular weight excluding hydrogens is 256 g/mol. The number of aromatic nitrogens is 1. The molecule has 0 saturated carbocycles. The minimum Gasteiger partial charge on any atom is -0.480 e. The molecule has 1 atom stereocenters. The van der Waals surface area contributed by atoms with Gasteiger partial charge in [0.2, 0.25) is 5.91 Å². The standard InChI is InChI=1S/C11H14N2O4S/c1-11(2,10(15)16)18(17)7-9(14)13-8-5-3-4-6-12-8/h3-6H,7H2,1-2H3,(H,15,16)(H,12,13,14). The van der Waals surface area contributed by atoms with Gasteiger partial charge < -0.3 is 10.4 Å². The van der Waals surface area contributed by atoms with Crippen LogP contribution in [0.3, 0.4) is 0 Å². The molecule has 7 heteroatoms. The van der Waals surface area contributed by atoms with Crippen LogP contribution in [0.2, 0.25) is 0 Å². The first kappa shape index (κ1) is 14.3. The van der Waals surface area contributed by atoms with Gasteiger partial charge in [-0.15, -0.1) is 0 Å². The summed E-state index contributed by atoms with van der Waals surface area (Å²) in [6.45, 7) is 2.64. The molecule has 0 aromatic carbocycles. The van der Waals surface area contributed by atoms with Gasteiger partial charge >= 0.3 is 5.97 Å². The molecule has 1 heterocycles. The van der Waals surface area contributed by atoms with Crippen LogP contribution in [0.5, 0.6) is 0 Å². The summed E-state index contributed by atoms with van der Waals surface area (Å²) in [5.41, 5.74) is 0. The molecule has 6 nitrogen and oxygen atoms in total. The molecule has 0 fully saturated rings. The second-order valence-electron chi connectivity index (χ2n) is 4.07. The lowest BCUT2D eigenvalue weighted by Gasteiger charge is -2.17. The number of nitrogens with zero attached hydrogens (tertiary/aromatic N) is 1. The molecule has 0 spiro atoms. The molecule has 0 saturated heterocycles. The van der Waals surface area contributed by atoms with Gasteiger partial charge in [0.15, 0.2) is 0 Å². The van der Waals surface area contributed by atoms with Crippen molar-refractivity contribution in [3.63, 3.8) is 0 Å². The van der Waals surface area contributed by atoms with E-state index in [4.69, 9.17) is 5.11 Å². The Hall–Kier alpha value is -1.76. The fourth-order valence-electron chi connectivity index (χ4n) is 1.01. The normalized spacial score (nSPS) is 12.8. The maximum atomic E-state index is 11.8. The fraction of sp³-hybridized carbons (Fsp3) is 0.364. The van der Waals surface area contributed by atoms with Crippen LogP contribution >= 0.6 is 0 Å². The minimum absolute atomic E-state index is 0.340. The van der Waals surface area contributed by atoms with Gasteiger partial charge in [0.1, 0.15) is 16.3 Å². The number of hydrogen-bond donors (Lipinski definition) is 2. The number of hydrogen-bond acceptors (Lipinski definition) is 4. The smallest absolute Gasteiger partial charge is 0.321 e. The molecule has 1 amide bonds. The largest absolute Gasteiger partial charge is 0.480 e. The number of anilines is 1. The van der Waals surface area contributed by atoms with Crippen LogP contribution in [-0.2, 0) is 20.4 Å². The van der Waals surface area contributed by atoms with Crippen molar-refractivity contribution in [1.82, 2.24) is 4.98 Å². The number of carbonyl (C=O) groups is 2. The zero-order chi connectivity index (χ0) is 13.8. The third-order valence-corrected chi connectivity index (χ3v) is 4.12. The molecule has 0 aliphatic heterocycles. The zero-order valence-corrected chi connectivity index (χ0v) is 10.9. The van der Waals surface area contributed by atoms with E-state index in [2.05, 4.69) is 10.3 Å². The van der Waals surface area contributed by atoms with Gasteiger partial charge in [-0.05, 0) is 26.0 Å². The number of carboxylic acids is 1. The van der Waals surface area contributed by atoms with Crippen molar-refractivity contribution in [3.8, 4) is 0 Å². The summed E-state index contributed by atoms with van der Waals surface area (Å²) in [6.07, 6.45) is 1.51. The second kappa shape index (κ2) is 5.72. The van der Waals surface area contributed by atoms with Crippen molar-refractivity contribution in [3.05, 3.63) is 24.4 Å². The Morgan fingerprint density at radius 2 is 2.11 bits per heavy atom. The van der Waals surface area contributed by atoms with Gasteiger partial charge in [0, 0.05) is 17.0 Å². The Balaban J connectivity index is 2.61. The van der Waals surface area contributed by atoms with Gasteiger partial charge in [-0.2, -0.15) is 0 Å².